The van der Waals surface area contributed by atoms with Crippen molar-refractivity contribution in [1.82, 2.24) is 9.62 Å². The second kappa shape index (κ2) is 10.5. The van der Waals surface area contributed by atoms with Crippen LogP contribution >= 0.6 is 11.8 Å². The first kappa shape index (κ1) is 24.9. The molecule has 0 aromatic heterocycles. The molecule has 2 aliphatic rings. The Morgan fingerprint density at radius 2 is 2.06 bits per heavy atom. The molecule has 0 saturated heterocycles. The zero-order valence-corrected chi connectivity index (χ0v) is 20.6. The Morgan fingerprint density at radius 1 is 1.33 bits per heavy atom. The Hall–Kier alpha value is -2.70. The van der Waals surface area contributed by atoms with Gasteiger partial charge < -0.3 is 25.8 Å². The lowest BCUT2D eigenvalue weighted by Crippen LogP contribution is -2.39. The minimum atomic E-state index is -3.30. The van der Waals surface area contributed by atoms with Crippen molar-refractivity contribution in [3.05, 3.63) is 42.5 Å². The molecule has 1 unspecified atom stereocenters. The smallest absolute Gasteiger partial charge is 0.208 e. The van der Waals surface area contributed by atoms with E-state index in [1.165, 1.54) is 18.0 Å². The summed E-state index contributed by atoms with van der Waals surface area (Å²) in [5.41, 5.74) is 12.1. The van der Waals surface area contributed by atoms with Crippen molar-refractivity contribution < 1.29 is 17.9 Å². The number of sulfonamides is 1. The lowest BCUT2D eigenvalue weighted by atomic mass is 10.1. The second-order valence-electron chi connectivity index (χ2n) is 7.75. The fraction of sp³-hybridized carbons (Fsp3) is 0.429. The molecule has 33 heavy (non-hydrogen) atoms. The predicted octanol–water partition coefficient (Wildman–Crippen LogP) is 1.81. The van der Waals surface area contributed by atoms with E-state index < -0.39 is 10.0 Å². The molecule has 1 fully saturated rings. The monoisotopic (exact) mass is 494 g/mol. The number of hydrogen-bond acceptors (Lipinski definition) is 10. The third kappa shape index (κ3) is 6.65. The molecule has 1 atom stereocenters. The molecule has 1 saturated carbocycles. The van der Waals surface area contributed by atoms with Gasteiger partial charge in [0.2, 0.25) is 10.0 Å². The summed E-state index contributed by atoms with van der Waals surface area (Å²) < 4.78 is 37.0. The van der Waals surface area contributed by atoms with Crippen LogP contribution in [-0.4, -0.2) is 57.4 Å². The van der Waals surface area contributed by atoms with Gasteiger partial charge in [0.25, 0.3) is 0 Å². The molecule has 1 aliphatic heterocycles. The maximum absolute atomic E-state index is 11.8. The third-order valence-electron chi connectivity index (χ3n) is 5.20. The number of nitrogens with one attached hydrogen (secondary N) is 1. The summed E-state index contributed by atoms with van der Waals surface area (Å²) in [6.45, 7) is 4.35. The fourth-order valence-electron chi connectivity index (χ4n) is 3.44. The van der Waals surface area contributed by atoms with Crippen LogP contribution in [0.25, 0.3) is 0 Å². The van der Waals surface area contributed by atoms with Gasteiger partial charge in [-0.25, -0.2) is 23.1 Å². The van der Waals surface area contributed by atoms with E-state index in [1.807, 2.05) is 6.07 Å². The van der Waals surface area contributed by atoms with Crippen molar-refractivity contribution in [3.8, 4) is 11.5 Å². The Kier molecular flexibility index (Phi) is 7.92. The van der Waals surface area contributed by atoms with Gasteiger partial charge in [-0.1, -0.05) is 6.58 Å². The number of amidine groups is 2. The molecular weight excluding hydrogens is 464 g/mol. The highest BCUT2D eigenvalue weighted by Crippen LogP contribution is 2.36. The maximum Gasteiger partial charge on any atom is 0.208 e. The highest BCUT2D eigenvalue weighted by molar-refractivity contribution is 8.14. The molecule has 1 aromatic carbocycles. The average Bonchev–Trinajstić information content (AvgIpc) is 3.53. The topological polar surface area (TPSA) is 145 Å². The first-order chi connectivity index (χ1) is 15.6. The number of rotatable bonds is 10. The van der Waals surface area contributed by atoms with E-state index in [4.69, 9.17) is 20.9 Å². The van der Waals surface area contributed by atoms with Crippen molar-refractivity contribution in [2.75, 3.05) is 27.0 Å². The van der Waals surface area contributed by atoms with Gasteiger partial charge in [0.15, 0.2) is 11.0 Å². The van der Waals surface area contributed by atoms with E-state index in [1.54, 1.807) is 37.5 Å². The Bertz CT molecular complexity index is 1090. The minimum absolute atomic E-state index is 0.0295. The summed E-state index contributed by atoms with van der Waals surface area (Å²) in [5.74, 6) is 2.16. The highest BCUT2D eigenvalue weighted by Gasteiger charge is 2.34. The zero-order chi connectivity index (χ0) is 24.2. The lowest BCUT2D eigenvalue weighted by Gasteiger charge is -2.24. The number of hydrogen-bond donors (Lipinski definition) is 3. The Morgan fingerprint density at radius 3 is 2.61 bits per heavy atom. The van der Waals surface area contributed by atoms with Gasteiger partial charge in [-0.15, -0.1) is 0 Å². The van der Waals surface area contributed by atoms with Crippen LogP contribution in [0.1, 0.15) is 19.3 Å². The molecular formula is C21H30N6O4S2. The van der Waals surface area contributed by atoms with E-state index in [0.717, 1.165) is 17.7 Å². The van der Waals surface area contributed by atoms with Crippen LogP contribution in [0.3, 0.4) is 0 Å². The molecule has 5 N–H and O–H groups in total. The number of nitrogens with zero attached hydrogens (tertiary/aromatic N) is 3. The molecule has 0 amide bonds. The van der Waals surface area contributed by atoms with Crippen LogP contribution in [0.5, 0.6) is 11.5 Å². The largest absolute Gasteiger partial charge is 0.497 e. The highest BCUT2D eigenvalue weighted by atomic mass is 32.2. The number of aliphatic imine (C=N–C) groups is 2. The summed E-state index contributed by atoms with van der Waals surface area (Å²) in [6, 6.07) is 5.29. The Balaban J connectivity index is 1.80. The summed E-state index contributed by atoms with van der Waals surface area (Å²) in [6.07, 6.45) is 5.38. The number of nitrogens with two attached hydrogens (primary N) is 2. The van der Waals surface area contributed by atoms with Crippen molar-refractivity contribution >= 4 is 32.8 Å². The summed E-state index contributed by atoms with van der Waals surface area (Å²) in [4.78, 5) is 11.7. The molecule has 0 bridgehead atoms. The van der Waals surface area contributed by atoms with Crippen molar-refractivity contribution in [1.29, 1.82) is 0 Å². The number of thioether (sulfide) groups is 1. The van der Waals surface area contributed by atoms with Gasteiger partial charge in [-0.2, -0.15) is 0 Å². The molecule has 0 spiro atoms. The zero-order valence-electron chi connectivity index (χ0n) is 18.9. The summed E-state index contributed by atoms with van der Waals surface area (Å²) in [7, 11) is -0.132. The van der Waals surface area contributed by atoms with Crippen molar-refractivity contribution in [2.45, 2.75) is 30.2 Å². The minimum Gasteiger partial charge on any atom is -0.497 e. The normalized spacial score (nSPS) is 16.6. The standard InChI is InChI=1S/C21H30N6O4S2/c1-5-27(11-10-15(13-6-7-13)26-33(4,28)29)20-18(19(22)23)24-21(25-20)32-17-12-14(30-2)8-9-16(17)31-3/h5,8-9,12-13,15,26H,1,6-7,10-11,22-23H2,2-4H3. The fourth-order valence-corrected chi connectivity index (χ4v) is 5.20. The third-order valence-corrected chi connectivity index (χ3v) is 6.83. The van der Waals surface area contributed by atoms with E-state index >= 15 is 0 Å². The molecule has 12 heteroatoms. The number of benzene rings is 1. The van der Waals surface area contributed by atoms with Gasteiger partial charge in [0.1, 0.15) is 23.0 Å². The summed E-state index contributed by atoms with van der Waals surface area (Å²) in [5, 5.41) is 0.430. The van der Waals surface area contributed by atoms with Crippen LogP contribution in [0, 0.1) is 5.92 Å². The maximum atomic E-state index is 11.8. The van der Waals surface area contributed by atoms with Crippen LogP contribution in [-0.2, 0) is 10.0 Å². The Labute approximate surface area is 198 Å². The van der Waals surface area contributed by atoms with Crippen LogP contribution < -0.4 is 25.7 Å². The van der Waals surface area contributed by atoms with E-state index in [0.29, 0.717) is 47.1 Å². The average molecular weight is 495 g/mol. The SMILES string of the molecule is C=CN(CCC(NS(C)(=O)=O)C1CC1)C1=NC(Sc2cc(OC)ccc2OC)=NC1=C(N)N. The molecule has 3 rings (SSSR count). The van der Waals surface area contributed by atoms with E-state index in [9.17, 15) is 8.42 Å². The van der Waals surface area contributed by atoms with Gasteiger partial charge >= 0.3 is 0 Å². The van der Waals surface area contributed by atoms with Crippen LogP contribution in [0.4, 0.5) is 0 Å². The first-order valence-electron chi connectivity index (χ1n) is 10.3. The van der Waals surface area contributed by atoms with Gasteiger partial charge in [0.05, 0.1) is 25.4 Å². The second-order valence-corrected chi connectivity index (χ2v) is 10.5. The summed E-state index contributed by atoms with van der Waals surface area (Å²) >= 11 is 1.29. The van der Waals surface area contributed by atoms with Crippen LogP contribution in [0.15, 0.2) is 57.4 Å². The molecule has 1 aliphatic carbocycles. The molecule has 1 aromatic rings. The quantitative estimate of drug-likeness (QED) is 0.447. The number of methoxy groups -OCH3 is 2. The first-order valence-corrected chi connectivity index (χ1v) is 13.0. The van der Waals surface area contributed by atoms with Gasteiger partial charge in [0, 0.05) is 12.6 Å². The molecule has 180 valence electrons. The predicted molar refractivity (Wildman–Crippen MR) is 132 cm³/mol. The van der Waals surface area contributed by atoms with Gasteiger partial charge in [-0.3, -0.25) is 0 Å². The van der Waals surface area contributed by atoms with Crippen molar-refractivity contribution in [2.24, 2.45) is 27.4 Å². The molecule has 1 heterocycles. The number of ether oxygens (including phenoxy) is 2. The van der Waals surface area contributed by atoms with E-state index in [-0.39, 0.29) is 11.9 Å². The molecule has 0 radical (unpaired) electrons. The lowest BCUT2D eigenvalue weighted by molar-refractivity contribution is 0.394. The van der Waals surface area contributed by atoms with Gasteiger partial charge in [-0.05, 0) is 61.3 Å². The van der Waals surface area contributed by atoms with E-state index in [2.05, 4.69) is 21.3 Å². The molecule has 10 nitrogen and oxygen atoms in total. The van der Waals surface area contributed by atoms with Crippen LogP contribution in [0.2, 0.25) is 0 Å². The van der Waals surface area contributed by atoms with Crippen molar-refractivity contribution in [3.63, 3.8) is 0 Å².